The number of nitro groups is 1. The first kappa shape index (κ1) is 19.3. The molecular formula is C20H21N3O5. The fraction of sp³-hybridized carbons (Fsp3) is 0.300. The first-order valence-corrected chi connectivity index (χ1v) is 8.89. The molecule has 0 bridgehead atoms. The van der Waals surface area contributed by atoms with Crippen LogP contribution in [0, 0.1) is 10.1 Å². The Hall–Kier alpha value is -3.42. The molecule has 0 unspecified atom stereocenters. The Balaban J connectivity index is 1.86. The third-order valence-electron chi connectivity index (χ3n) is 4.36. The highest BCUT2D eigenvalue weighted by Gasteiger charge is 2.29. The van der Waals surface area contributed by atoms with E-state index in [9.17, 15) is 19.7 Å². The van der Waals surface area contributed by atoms with E-state index in [1.165, 1.54) is 23.1 Å². The van der Waals surface area contributed by atoms with Gasteiger partial charge < -0.3 is 15.0 Å². The summed E-state index contributed by atoms with van der Waals surface area (Å²) >= 11 is 0. The van der Waals surface area contributed by atoms with Crippen LogP contribution in [0.4, 0.5) is 11.4 Å². The van der Waals surface area contributed by atoms with Crippen LogP contribution in [0.5, 0.6) is 0 Å². The number of nitrogens with one attached hydrogen (secondary N) is 1. The van der Waals surface area contributed by atoms with Crippen LogP contribution in [-0.2, 0) is 9.53 Å². The lowest BCUT2D eigenvalue weighted by molar-refractivity contribution is -0.384. The van der Waals surface area contributed by atoms with E-state index in [2.05, 4.69) is 5.32 Å². The van der Waals surface area contributed by atoms with Crippen molar-refractivity contribution in [2.45, 2.75) is 25.0 Å². The van der Waals surface area contributed by atoms with Crippen molar-refractivity contribution in [3.63, 3.8) is 0 Å². The Morgan fingerprint density at radius 1 is 1.18 bits per heavy atom. The zero-order chi connectivity index (χ0) is 20.3. The van der Waals surface area contributed by atoms with Crippen molar-refractivity contribution >= 4 is 23.3 Å². The summed E-state index contributed by atoms with van der Waals surface area (Å²) in [7, 11) is 3.13. The Morgan fingerprint density at radius 3 is 2.43 bits per heavy atom. The molecule has 28 heavy (non-hydrogen) atoms. The second kappa shape index (κ2) is 8.08. The van der Waals surface area contributed by atoms with Crippen LogP contribution in [-0.4, -0.2) is 41.8 Å². The molecule has 146 valence electrons. The van der Waals surface area contributed by atoms with Crippen molar-refractivity contribution in [3.05, 3.63) is 69.8 Å². The van der Waals surface area contributed by atoms with Gasteiger partial charge in [-0.3, -0.25) is 14.9 Å². The Kier molecular flexibility index (Phi) is 5.58. The number of rotatable bonds is 7. The average Bonchev–Trinajstić information content (AvgIpc) is 3.50. The maximum Gasteiger partial charge on any atom is 0.339 e. The molecule has 1 atom stereocenters. The standard InChI is InChI=1S/C20H21N3O5/c1-22(2)19(24)18(13-6-4-3-5-7-13)28-20(25)14-8-11-16(21-15-9-10-15)17(12-14)23(26)27/h3-8,11-12,15,18,21H,9-10H2,1-2H3/t18-/m1/s1. The molecule has 1 aliphatic rings. The number of likely N-dealkylation sites (N-methyl/N-ethyl adjacent to an activating group) is 1. The molecule has 0 radical (unpaired) electrons. The first-order valence-electron chi connectivity index (χ1n) is 8.89. The van der Waals surface area contributed by atoms with Crippen molar-refractivity contribution in [1.82, 2.24) is 4.90 Å². The summed E-state index contributed by atoms with van der Waals surface area (Å²) < 4.78 is 5.44. The molecule has 0 aliphatic heterocycles. The number of esters is 1. The van der Waals surface area contributed by atoms with E-state index in [0.29, 0.717) is 11.3 Å². The third kappa shape index (κ3) is 4.46. The number of hydrogen-bond donors (Lipinski definition) is 1. The summed E-state index contributed by atoms with van der Waals surface area (Å²) in [5, 5.41) is 14.5. The molecule has 1 aliphatic carbocycles. The van der Waals surface area contributed by atoms with E-state index in [0.717, 1.165) is 12.8 Å². The van der Waals surface area contributed by atoms with Crippen LogP contribution >= 0.6 is 0 Å². The zero-order valence-corrected chi connectivity index (χ0v) is 15.6. The van der Waals surface area contributed by atoms with E-state index in [1.807, 2.05) is 0 Å². The van der Waals surface area contributed by atoms with Gasteiger partial charge in [0.15, 0.2) is 0 Å². The molecule has 8 heteroatoms. The van der Waals surface area contributed by atoms with Crippen LogP contribution in [0.1, 0.15) is 34.9 Å². The first-order chi connectivity index (χ1) is 13.4. The molecule has 0 aromatic heterocycles. The topological polar surface area (TPSA) is 102 Å². The maximum atomic E-state index is 12.6. The fourth-order valence-corrected chi connectivity index (χ4v) is 2.68. The van der Waals surface area contributed by atoms with E-state index in [1.54, 1.807) is 44.4 Å². The van der Waals surface area contributed by atoms with Gasteiger partial charge in [0.25, 0.3) is 11.6 Å². The predicted octanol–water partition coefficient (Wildman–Crippen LogP) is 3.16. The lowest BCUT2D eigenvalue weighted by Crippen LogP contribution is -2.31. The van der Waals surface area contributed by atoms with Gasteiger partial charge in [0, 0.05) is 31.8 Å². The molecule has 0 heterocycles. The van der Waals surface area contributed by atoms with Crippen LogP contribution < -0.4 is 5.32 Å². The van der Waals surface area contributed by atoms with Crippen LogP contribution in [0.25, 0.3) is 0 Å². The quantitative estimate of drug-likeness (QED) is 0.448. The summed E-state index contributed by atoms with van der Waals surface area (Å²) in [4.78, 5) is 37.3. The monoisotopic (exact) mass is 383 g/mol. The van der Waals surface area contributed by atoms with Crippen molar-refractivity contribution in [1.29, 1.82) is 0 Å². The molecule has 1 saturated carbocycles. The van der Waals surface area contributed by atoms with Gasteiger partial charge in [-0.2, -0.15) is 0 Å². The second-order valence-electron chi connectivity index (χ2n) is 6.84. The summed E-state index contributed by atoms with van der Waals surface area (Å²) in [6, 6.07) is 13.0. The summed E-state index contributed by atoms with van der Waals surface area (Å²) in [5.41, 5.74) is 0.709. The normalized spacial score (nSPS) is 14.1. The SMILES string of the molecule is CN(C)C(=O)[C@H](OC(=O)c1ccc(NC2CC2)c([N+](=O)[O-])c1)c1ccccc1. The molecule has 2 aromatic carbocycles. The van der Waals surface area contributed by atoms with Crippen LogP contribution in [0.2, 0.25) is 0 Å². The van der Waals surface area contributed by atoms with Gasteiger partial charge in [-0.15, -0.1) is 0 Å². The fourth-order valence-electron chi connectivity index (χ4n) is 2.68. The number of nitrogens with zero attached hydrogens (tertiary/aromatic N) is 2. The number of carbonyl (C=O) groups is 2. The third-order valence-corrected chi connectivity index (χ3v) is 4.36. The van der Waals surface area contributed by atoms with Crippen molar-refractivity contribution < 1.29 is 19.2 Å². The van der Waals surface area contributed by atoms with Crippen molar-refractivity contribution in [2.75, 3.05) is 19.4 Å². The number of amides is 1. The largest absolute Gasteiger partial charge is 0.444 e. The van der Waals surface area contributed by atoms with E-state index in [4.69, 9.17) is 4.74 Å². The average molecular weight is 383 g/mol. The number of carbonyl (C=O) groups excluding carboxylic acids is 2. The molecule has 3 rings (SSSR count). The minimum absolute atomic E-state index is 0.0144. The number of hydrogen-bond acceptors (Lipinski definition) is 6. The van der Waals surface area contributed by atoms with Crippen molar-refractivity contribution in [3.8, 4) is 0 Å². The molecule has 2 aromatic rings. The molecular weight excluding hydrogens is 362 g/mol. The summed E-state index contributed by atoms with van der Waals surface area (Å²) in [5.74, 6) is -1.20. The number of benzene rings is 2. The number of ether oxygens (including phenoxy) is 1. The Labute approximate surface area is 162 Å². The van der Waals surface area contributed by atoms with Gasteiger partial charge in [-0.25, -0.2) is 4.79 Å². The predicted molar refractivity (Wildman–Crippen MR) is 103 cm³/mol. The zero-order valence-electron chi connectivity index (χ0n) is 15.6. The van der Waals surface area contributed by atoms with E-state index < -0.39 is 22.9 Å². The van der Waals surface area contributed by atoms with Crippen LogP contribution in [0.15, 0.2) is 48.5 Å². The van der Waals surface area contributed by atoms with Gasteiger partial charge in [-0.1, -0.05) is 30.3 Å². The van der Waals surface area contributed by atoms with E-state index in [-0.39, 0.29) is 17.3 Å². The van der Waals surface area contributed by atoms with Gasteiger partial charge >= 0.3 is 5.97 Å². The second-order valence-corrected chi connectivity index (χ2v) is 6.84. The molecule has 0 saturated heterocycles. The molecule has 1 amide bonds. The minimum Gasteiger partial charge on any atom is -0.444 e. The summed E-state index contributed by atoms with van der Waals surface area (Å²) in [6.45, 7) is 0. The number of nitro benzene ring substituents is 1. The Morgan fingerprint density at radius 2 is 1.86 bits per heavy atom. The lowest BCUT2D eigenvalue weighted by atomic mass is 10.1. The minimum atomic E-state index is -1.13. The number of anilines is 1. The highest BCUT2D eigenvalue weighted by Crippen LogP contribution is 2.32. The van der Waals surface area contributed by atoms with Gasteiger partial charge in [0.05, 0.1) is 10.5 Å². The smallest absolute Gasteiger partial charge is 0.339 e. The van der Waals surface area contributed by atoms with Gasteiger partial charge in [-0.05, 0) is 25.0 Å². The van der Waals surface area contributed by atoms with Crippen molar-refractivity contribution in [2.24, 2.45) is 0 Å². The Bertz CT molecular complexity index is 894. The molecule has 0 spiro atoms. The van der Waals surface area contributed by atoms with E-state index >= 15 is 0 Å². The highest BCUT2D eigenvalue weighted by molar-refractivity contribution is 5.94. The maximum absolute atomic E-state index is 12.6. The highest BCUT2D eigenvalue weighted by atomic mass is 16.6. The summed E-state index contributed by atoms with van der Waals surface area (Å²) in [6.07, 6.45) is 0.797. The molecule has 1 fully saturated rings. The molecule has 1 N–H and O–H groups in total. The van der Waals surface area contributed by atoms with Crippen LogP contribution in [0.3, 0.4) is 0 Å². The lowest BCUT2D eigenvalue weighted by Gasteiger charge is -2.21. The van der Waals surface area contributed by atoms with Gasteiger partial charge in [0.2, 0.25) is 6.10 Å². The van der Waals surface area contributed by atoms with Gasteiger partial charge in [0.1, 0.15) is 5.69 Å². The molecule has 8 nitrogen and oxygen atoms in total.